The minimum Gasteiger partial charge on any atom is -0.480 e. The molecule has 0 saturated heterocycles. The van der Waals surface area contributed by atoms with E-state index in [0.29, 0.717) is 25.8 Å². The van der Waals surface area contributed by atoms with Crippen LogP contribution < -0.4 is 11.1 Å². The second-order valence-corrected chi connectivity index (χ2v) is 4.10. The summed E-state index contributed by atoms with van der Waals surface area (Å²) in [6, 6.07) is 8.72. The third kappa shape index (κ3) is 5.45. The average Bonchev–Trinajstić information content (AvgIpc) is 2.37. The number of aliphatic carboxylic acids is 1. The van der Waals surface area contributed by atoms with Gasteiger partial charge in [-0.2, -0.15) is 0 Å². The summed E-state index contributed by atoms with van der Waals surface area (Å²) < 4.78 is 0. The molecule has 0 fully saturated rings. The van der Waals surface area contributed by atoms with Crippen LogP contribution in [0.4, 0.5) is 0 Å². The standard InChI is InChI=1S/C13H18N2O3/c14-11(13(17)18)7-4-8-12(16)15-9-10-5-2-1-3-6-10/h1-3,5-6,11H,4,7-9,14H2,(H,15,16)(H,17,18)/t11-/m0/s1. The zero-order valence-corrected chi connectivity index (χ0v) is 10.1. The molecule has 0 saturated carbocycles. The van der Waals surface area contributed by atoms with Gasteiger partial charge >= 0.3 is 5.97 Å². The monoisotopic (exact) mass is 250 g/mol. The van der Waals surface area contributed by atoms with Gasteiger partial charge in [-0.25, -0.2) is 0 Å². The number of nitrogens with two attached hydrogens (primary N) is 1. The first-order chi connectivity index (χ1) is 8.59. The van der Waals surface area contributed by atoms with Gasteiger partial charge in [0.2, 0.25) is 5.91 Å². The van der Waals surface area contributed by atoms with Crippen LogP contribution >= 0.6 is 0 Å². The van der Waals surface area contributed by atoms with Crippen LogP contribution in [0.1, 0.15) is 24.8 Å². The summed E-state index contributed by atoms with van der Waals surface area (Å²) in [6.07, 6.45) is 1.09. The first-order valence-electron chi connectivity index (χ1n) is 5.88. The minimum absolute atomic E-state index is 0.0866. The van der Waals surface area contributed by atoms with Gasteiger partial charge in [0, 0.05) is 13.0 Å². The normalized spacial score (nSPS) is 11.8. The van der Waals surface area contributed by atoms with Crippen molar-refractivity contribution in [1.29, 1.82) is 0 Å². The fourth-order valence-corrected chi connectivity index (χ4v) is 1.49. The number of benzene rings is 1. The lowest BCUT2D eigenvalue weighted by atomic mass is 10.1. The fraction of sp³-hybridized carbons (Fsp3) is 0.385. The van der Waals surface area contributed by atoms with E-state index in [0.717, 1.165) is 5.56 Å². The highest BCUT2D eigenvalue weighted by Gasteiger charge is 2.11. The lowest BCUT2D eigenvalue weighted by molar-refractivity contribution is -0.138. The van der Waals surface area contributed by atoms with Gasteiger partial charge in [-0.15, -0.1) is 0 Å². The number of carbonyl (C=O) groups excluding carboxylic acids is 1. The molecule has 0 unspecified atom stereocenters. The summed E-state index contributed by atoms with van der Waals surface area (Å²) in [5.41, 5.74) is 6.37. The third-order valence-corrected chi connectivity index (χ3v) is 2.57. The molecule has 0 aromatic heterocycles. The van der Waals surface area contributed by atoms with Crippen LogP contribution in [0.2, 0.25) is 0 Å². The number of carboxylic acid groups (broad SMARTS) is 1. The van der Waals surface area contributed by atoms with E-state index in [9.17, 15) is 9.59 Å². The smallest absolute Gasteiger partial charge is 0.320 e. The molecule has 1 atom stereocenters. The molecular weight excluding hydrogens is 232 g/mol. The lowest BCUT2D eigenvalue weighted by Gasteiger charge is -2.07. The summed E-state index contributed by atoms with van der Waals surface area (Å²) in [5, 5.41) is 11.3. The molecule has 5 nitrogen and oxygen atoms in total. The zero-order valence-electron chi connectivity index (χ0n) is 10.1. The highest BCUT2D eigenvalue weighted by Crippen LogP contribution is 2.01. The summed E-state index contributed by atoms with van der Waals surface area (Å²) in [7, 11) is 0. The number of hydrogen-bond donors (Lipinski definition) is 3. The van der Waals surface area contributed by atoms with Crippen LogP contribution in [0.25, 0.3) is 0 Å². The van der Waals surface area contributed by atoms with Gasteiger partial charge in [0.25, 0.3) is 0 Å². The second-order valence-electron chi connectivity index (χ2n) is 4.10. The van der Waals surface area contributed by atoms with E-state index < -0.39 is 12.0 Å². The predicted molar refractivity (Wildman–Crippen MR) is 67.8 cm³/mol. The summed E-state index contributed by atoms with van der Waals surface area (Å²) in [6.45, 7) is 0.491. The fourth-order valence-electron chi connectivity index (χ4n) is 1.49. The Labute approximate surface area is 106 Å². The molecule has 98 valence electrons. The number of nitrogens with one attached hydrogen (secondary N) is 1. The van der Waals surface area contributed by atoms with E-state index in [1.165, 1.54) is 0 Å². The Morgan fingerprint density at radius 1 is 1.28 bits per heavy atom. The van der Waals surface area contributed by atoms with Gasteiger partial charge in [-0.1, -0.05) is 30.3 Å². The van der Waals surface area contributed by atoms with Crippen molar-refractivity contribution < 1.29 is 14.7 Å². The van der Waals surface area contributed by atoms with Gasteiger partial charge in [0.15, 0.2) is 0 Å². The molecule has 18 heavy (non-hydrogen) atoms. The number of hydrogen-bond acceptors (Lipinski definition) is 3. The molecule has 4 N–H and O–H groups in total. The largest absolute Gasteiger partial charge is 0.480 e. The molecule has 0 heterocycles. The Morgan fingerprint density at radius 3 is 2.56 bits per heavy atom. The molecule has 0 radical (unpaired) electrons. The molecule has 0 bridgehead atoms. The highest BCUT2D eigenvalue weighted by atomic mass is 16.4. The van der Waals surface area contributed by atoms with Crippen LogP contribution in [0.3, 0.4) is 0 Å². The van der Waals surface area contributed by atoms with Gasteiger partial charge in [-0.05, 0) is 18.4 Å². The van der Waals surface area contributed by atoms with Crippen LogP contribution in [-0.2, 0) is 16.1 Å². The summed E-state index contributed by atoms with van der Waals surface area (Å²) in [4.78, 5) is 21.9. The van der Waals surface area contributed by atoms with E-state index in [1.807, 2.05) is 30.3 Å². The van der Waals surface area contributed by atoms with E-state index in [1.54, 1.807) is 0 Å². The molecular formula is C13H18N2O3. The number of carbonyl (C=O) groups is 2. The summed E-state index contributed by atoms with van der Waals surface area (Å²) in [5.74, 6) is -1.11. The number of amides is 1. The van der Waals surface area contributed by atoms with E-state index >= 15 is 0 Å². The molecule has 0 aliphatic carbocycles. The van der Waals surface area contributed by atoms with Crippen LogP contribution in [0.15, 0.2) is 30.3 Å². The molecule has 1 rings (SSSR count). The highest BCUT2D eigenvalue weighted by molar-refractivity contribution is 5.76. The third-order valence-electron chi connectivity index (χ3n) is 2.57. The van der Waals surface area contributed by atoms with E-state index in [-0.39, 0.29) is 5.91 Å². The van der Waals surface area contributed by atoms with Crippen LogP contribution in [0.5, 0.6) is 0 Å². The van der Waals surface area contributed by atoms with E-state index in [2.05, 4.69) is 5.32 Å². The Morgan fingerprint density at radius 2 is 1.94 bits per heavy atom. The minimum atomic E-state index is -1.03. The Kier molecular flexibility index (Phi) is 5.87. The number of carboxylic acids is 1. The zero-order chi connectivity index (χ0) is 13.4. The van der Waals surface area contributed by atoms with Crippen molar-refractivity contribution in [2.45, 2.75) is 31.8 Å². The molecule has 1 amide bonds. The van der Waals surface area contributed by atoms with Crippen LogP contribution in [0, 0.1) is 0 Å². The van der Waals surface area contributed by atoms with Gasteiger partial charge < -0.3 is 16.2 Å². The van der Waals surface area contributed by atoms with Crippen molar-refractivity contribution in [3.8, 4) is 0 Å². The SMILES string of the molecule is N[C@@H](CCCC(=O)NCc1ccccc1)C(=O)O. The molecule has 1 aromatic rings. The van der Waals surface area contributed by atoms with Gasteiger partial charge in [0.05, 0.1) is 0 Å². The van der Waals surface area contributed by atoms with Crippen molar-refractivity contribution in [2.24, 2.45) is 5.73 Å². The Balaban J connectivity index is 2.17. The second kappa shape index (κ2) is 7.45. The van der Waals surface area contributed by atoms with Crippen molar-refractivity contribution in [3.05, 3.63) is 35.9 Å². The first-order valence-corrected chi connectivity index (χ1v) is 5.88. The quantitative estimate of drug-likeness (QED) is 0.670. The maximum Gasteiger partial charge on any atom is 0.320 e. The molecule has 0 spiro atoms. The van der Waals surface area contributed by atoms with Crippen molar-refractivity contribution in [2.75, 3.05) is 0 Å². The van der Waals surface area contributed by atoms with Gasteiger partial charge in [0.1, 0.15) is 6.04 Å². The molecule has 0 aliphatic rings. The molecule has 5 heteroatoms. The average molecular weight is 250 g/mol. The van der Waals surface area contributed by atoms with Gasteiger partial charge in [-0.3, -0.25) is 9.59 Å². The lowest BCUT2D eigenvalue weighted by Crippen LogP contribution is -2.30. The molecule has 0 aliphatic heterocycles. The van der Waals surface area contributed by atoms with Crippen molar-refractivity contribution in [1.82, 2.24) is 5.32 Å². The van der Waals surface area contributed by atoms with E-state index in [4.69, 9.17) is 10.8 Å². The maximum absolute atomic E-state index is 11.5. The van der Waals surface area contributed by atoms with Crippen LogP contribution in [-0.4, -0.2) is 23.0 Å². The Bertz CT molecular complexity index is 392. The molecule has 1 aromatic carbocycles. The topological polar surface area (TPSA) is 92.4 Å². The van der Waals surface area contributed by atoms with Crippen molar-refractivity contribution >= 4 is 11.9 Å². The predicted octanol–water partition coefficient (Wildman–Crippen LogP) is 0.885. The Hall–Kier alpha value is -1.88. The first kappa shape index (κ1) is 14.2. The maximum atomic E-state index is 11.5. The van der Waals surface area contributed by atoms with Crippen molar-refractivity contribution in [3.63, 3.8) is 0 Å². The summed E-state index contributed by atoms with van der Waals surface area (Å²) >= 11 is 0. The number of rotatable bonds is 7.